The first-order valence-corrected chi connectivity index (χ1v) is 8.96. The number of carbonyl (C=O) groups excluding carboxylic acids is 2. The van der Waals surface area contributed by atoms with E-state index in [2.05, 4.69) is 16.7 Å². The van der Waals surface area contributed by atoms with Crippen LogP contribution in [0.5, 0.6) is 0 Å². The van der Waals surface area contributed by atoms with Crippen molar-refractivity contribution in [1.29, 1.82) is 0 Å². The average molecular weight is 348 g/mol. The second-order valence-corrected chi connectivity index (χ2v) is 6.54. The summed E-state index contributed by atoms with van der Waals surface area (Å²) in [4.78, 5) is 23.5. The fourth-order valence-electron chi connectivity index (χ4n) is 3.09. The minimum absolute atomic E-state index is 0.224. The number of aliphatic hydroxyl groups excluding tert-OH is 1. The van der Waals surface area contributed by atoms with Gasteiger partial charge in [-0.3, -0.25) is 9.59 Å². The van der Waals surface area contributed by atoms with Crippen molar-refractivity contribution in [2.75, 3.05) is 13.1 Å². The molecule has 6 heteroatoms. The lowest BCUT2D eigenvalue weighted by Crippen LogP contribution is -2.40. The standard InChI is InChI=1S/C19H28N2O4/c1-13-12-16(14(2)25-13)17(22)9-11-21-19(24)18(23)20-10-8-15-6-4-3-5-7-15/h6,12,17,22H,3-5,7-11H2,1-2H3,(H,20,23)(H,21,24)/t17-/m1/s1. The van der Waals surface area contributed by atoms with Gasteiger partial charge in [-0.15, -0.1) is 0 Å². The maximum atomic E-state index is 11.8. The fourth-order valence-corrected chi connectivity index (χ4v) is 3.09. The van der Waals surface area contributed by atoms with Crippen LogP contribution in [0.2, 0.25) is 0 Å². The zero-order valence-corrected chi connectivity index (χ0v) is 15.1. The van der Waals surface area contributed by atoms with Gasteiger partial charge in [-0.05, 0) is 58.4 Å². The highest BCUT2D eigenvalue weighted by Gasteiger charge is 2.17. The van der Waals surface area contributed by atoms with Gasteiger partial charge in [-0.25, -0.2) is 0 Å². The van der Waals surface area contributed by atoms with Crippen LogP contribution in [-0.2, 0) is 9.59 Å². The summed E-state index contributed by atoms with van der Waals surface area (Å²) in [6, 6.07) is 1.79. The molecule has 2 amide bonds. The molecule has 0 radical (unpaired) electrons. The third-order valence-corrected chi connectivity index (χ3v) is 4.46. The molecule has 1 aliphatic carbocycles. The quantitative estimate of drug-likeness (QED) is 0.521. The van der Waals surface area contributed by atoms with E-state index >= 15 is 0 Å². The molecule has 138 valence electrons. The molecule has 0 spiro atoms. The minimum atomic E-state index is -0.723. The van der Waals surface area contributed by atoms with Gasteiger partial charge in [0.15, 0.2) is 0 Å². The smallest absolute Gasteiger partial charge is 0.309 e. The molecule has 2 rings (SSSR count). The second-order valence-electron chi connectivity index (χ2n) is 6.54. The van der Waals surface area contributed by atoms with E-state index in [1.54, 1.807) is 13.0 Å². The second kappa shape index (κ2) is 9.42. The van der Waals surface area contributed by atoms with Gasteiger partial charge in [-0.2, -0.15) is 0 Å². The molecule has 6 nitrogen and oxygen atoms in total. The molecule has 1 aliphatic rings. The van der Waals surface area contributed by atoms with Crippen LogP contribution in [0.25, 0.3) is 0 Å². The molecule has 0 aliphatic heterocycles. The normalized spacial score (nSPS) is 15.4. The zero-order valence-electron chi connectivity index (χ0n) is 15.1. The van der Waals surface area contributed by atoms with Gasteiger partial charge in [-0.1, -0.05) is 11.6 Å². The first-order valence-electron chi connectivity index (χ1n) is 8.96. The maximum absolute atomic E-state index is 11.8. The van der Waals surface area contributed by atoms with Crippen molar-refractivity contribution in [3.63, 3.8) is 0 Å². The number of aliphatic hydroxyl groups is 1. The topological polar surface area (TPSA) is 91.6 Å². The number of nitrogens with one attached hydrogen (secondary N) is 2. The molecule has 0 aromatic carbocycles. The third kappa shape index (κ3) is 6.05. The van der Waals surface area contributed by atoms with Gasteiger partial charge in [0.1, 0.15) is 11.5 Å². The number of allylic oxidation sites excluding steroid dienone is 1. The van der Waals surface area contributed by atoms with Crippen molar-refractivity contribution in [1.82, 2.24) is 10.6 Å². The largest absolute Gasteiger partial charge is 0.466 e. The number of furan rings is 1. The van der Waals surface area contributed by atoms with Gasteiger partial charge in [0.05, 0.1) is 6.10 Å². The lowest BCUT2D eigenvalue weighted by atomic mass is 9.97. The molecule has 0 saturated heterocycles. The van der Waals surface area contributed by atoms with Gasteiger partial charge in [0.25, 0.3) is 0 Å². The first-order chi connectivity index (χ1) is 12.0. The Kier molecular flexibility index (Phi) is 7.25. The summed E-state index contributed by atoms with van der Waals surface area (Å²) in [5, 5.41) is 15.3. The summed E-state index contributed by atoms with van der Waals surface area (Å²) in [5.41, 5.74) is 2.08. The molecule has 1 heterocycles. The van der Waals surface area contributed by atoms with E-state index in [0.717, 1.165) is 30.6 Å². The van der Waals surface area contributed by atoms with Crippen molar-refractivity contribution in [3.05, 3.63) is 34.8 Å². The van der Waals surface area contributed by atoms with Crippen LogP contribution in [0.15, 0.2) is 22.1 Å². The predicted molar refractivity (Wildman–Crippen MR) is 94.9 cm³/mol. The Bertz CT molecular complexity index is 633. The van der Waals surface area contributed by atoms with E-state index in [-0.39, 0.29) is 6.54 Å². The minimum Gasteiger partial charge on any atom is -0.466 e. The average Bonchev–Trinajstić information content (AvgIpc) is 2.94. The lowest BCUT2D eigenvalue weighted by molar-refractivity contribution is -0.139. The number of hydrogen-bond donors (Lipinski definition) is 3. The highest BCUT2D eigenvalue weighted by atomic mass is 16.3. The number of rotatable bonds is 7. The Morgan fingerprint density at radius 2 is 1.92 bits per heavy atom. The van der Waals surface area contributed by atoms with Gasteiger partial charge < -0.3 is 20.2 Å². The van der Waals surface area contributed by atoms with Gasteiger partial charge in [0, 0.05) is 18.7 Å². The van der Waals surface area contributed by atoms with Crippen LogP contribution >= 0.6 is 0 Å². The van der Waals surface area contributed by atoms with Crippen molar-refractivity contribution < 1.29 is 19.1 Å². The van der Waals surface area contributed by atoms with Crippen LogP contribution in [0.1, 0.15) is 61.7 Å². The summed E-state index contributed by atoms with van der Waals surface area (Å²) in [7, 11) is 0. The molecule has 1 atom stereocenters. The van der Waals surface area contributed by atoms with Gasteiger partial charge >= 0.3 is 11.8 Å². The predicted octanol–water partition coefficient (Wildman–Crippen LogP) is 2.44. The molecule has 0 saturated carbocycles. The molecule has 1 aromatic rings. The Morgan fingerprint density at radius 1 is 1.20 bits per heavy atom. The summed E-state index contributed by atoms with van der Waals surface area (Å²) in [5.74, 6) is 0.125. The van der Waals surface area contributed by atoms with Crippen molar-refractivity contribution in [2.24, 2.45) is 0 Å². The Balaban J connectivity index is 1.64. The van der Waals surface area contributed by atoms with Crippen molar-refractivity contribution >= 4 is 11.8 Å². The molecule has 0 fully saturated rings. The van der Waals surface area contributed by atoms with E-state index in [0.29, 0.717) is 18.7 Å². The third-order valence-electron chi connectivity index (χ3n) is 4.46. The molecular formula is C19H28N2O4. The zero-order chi connectivity index (χ0) is 18.2. The number of aryl methyl sites for hydroxylation is 2. The summed E-state index contributed by atoms with van der Waals surface area (Å²) in [6.07, 6.45) is 7.28. The van der Waals surface area contributed by atoms with Crippen LogP contribution < -0.4 is 10.6 Å². The fraction of sp³-hybridized carbons (Fsp3) is 0.579. The molecule has 0 bridgehead atoms. The highest BCUT2D eigenvalue weighted by Crippen LogP contribution is 2.23. The van der Waals surface area contributed by atoms with E-state index in [1.807, 2.05) is 6.92 Å². The number of carbonyl (C=O) groups is 2. The van der Waals surface area contributed by atoms with Crippen LogP contribution in [0, 0.1) is 13.8 Å². The highest BCUT2D eigenvalue weighted by molar-refractivity contribution is 6.35. The summed E-state index contributed by atoms with van der Waals surface area (Å²) < 4.78 is 5.38. The molecular weight excluding hydrogens is 320 g/mol. The summed E-state index contributed by atoms with van der Waals surface area (Å²) in [6.45, 7) is 4.31. The Hall–Kier alpha value is -2.08. The number of amides is 2. The number of hydrogen-bond acceptors (Lipinski definition) is 4. The van der Waals surface area contributed by atoms with Gasteiger partial charge in [0.2, 0.25) is 0 Å². The molecule has 3 N–H and O–H groups in total. The van der Waals surface area contributed by atoms with E-state index in [4.69, 9.17) is 4.42 Å². The van der Waals surface area contributed by atoms with E-state index in [9.17, 15) is 14.7 Å². The molecule has 0 unspecified atom stereocenters. The first kappa shape index (κ1) is 19.2. The van der Waals surface area contributed by atoms with Crippen LogP contribution in [0.4, 0.5) is 0 Å². The maximum Gasteiger partial charge on any atom is 0.309 e. The van der Waals surface area contributed by atoms with Crippen molar-refractivity contribution in [3.8, 4) is 0 Å². The molecule has 1 aromatic heterocycles. The Morgan fingerprint density at radius 3 is 2.52 bits per heavy atom. The van der Waals surface area contributed by atoms with E-state index in [1.165, 1.54) is 18.4 Å². The van der Waals surface area contributed by atoms with Crippen molar-refractivity contribution in [2.45, 2.75) is 58.5 Å². The van der Waals surface area contributed by atoms with Crippen LogP contribution in [0.3, 0.4) is 0 Å². The monoisotopic (exact) mass is 348 g/mol. The summed E-state index contributed by atoms with van der Waals surface area (Å²) >= 11 is 0. The SMILES string of the molecule is Cc1cc([C@H](O)CCNC(=O)C(=O)NCCC2=CCCCC2)c(C)o1. The Labute approximate surface area is 148 Å². The van der Waals surface area contributed by atoms with E-state index < -0.39 is 17.9 Å². The van der Waals surface area contributed by atoms with Crippen LogP contribution in [-0.4, -0.2) is 30.0 Å². The molecule has 25 heavy (non-hydrogen) atoms. The lowest BCUT2D eigenvalue weighted by Gasteiger charge is -2.13.